The first-order valence-corrected chi connectivity index (χ1v) is 8.85. The van der Waals surface area contributed by atoms with E-state index in [1.807, 2.05) is 0 Å². The van der Waals surface area contributed by atoms with Crippen molar-refractivity contribution in [1.82, 2.24) is 0 Å². The fourth-order valence-electron chi connectivity index (χ4n) is 1.92. The van der Waals surface area contributed by atoms with Crippen LogP contribution in [0.5, 0.6) is 5.75 Å². The van der Waals surface area contributed by atoms with Crippen LogP contribution in [-0.4, -0.2) is 32.6 Å². The fourth-order valence-corrected chi connectivity index (χ4v) is 3.28. The minimum atomic E-state index is -4.07. The largest absolute Gasteiger partial charge is 0.433 e. The summed E-state index contributed by atoms with van der Waals surface area (Å²) in [5.41, 5.74) is 0.396. The van der Waals surface area contributed by atoms with Crippen LogP contribution < -0.4 is 14.8 Å². The number of carbonyl (C=O) groups excluding carboxylic acids is 1. The van der Waals surface area contributed by atoms with Crippen molar-refractivity contribution in [2.75, 3.05) is 16.6 Å². The highest BCUT2D eigenvalue weighted by molar-refractivity contribution is 7.92. The lowest BCUT2D eigenvalue weighted by molar-refractivity contribution is -0.118. The molecular formula is C15H13ClF2N2O5S. The van der Waals surface area contributed by atoms with Gasteiger partial charge in [-0.05, 0) is 36.4 Å². The number of sulfonamides is 1. The Bertz CT molecular complexity index is 909. The molecule has 0 aliphatic rings. The van der Waals surface area contributed by atoms with Crippen LogP contribution in [0.1, 0.15) is 0 Å². The number of benzene rings is 2. The fraction of sp³-hybridized carbons (Fsp3) is 0.133. The molecule has 7 nitrogen and oxygen atoms in total. The van der Waals surface area contributed by atoms with Gasteiger partial charge in [-0.15, -0.1) is 0 Å². The van der Waals surface area contributed by atoms with E-state index in [0.29, 0.717) is 0 Å². The van der Waals surface area contributed by atoms with E-state index in [-0.39, 0.29) is 27.0 Å². The second-order valence-corrected chi connectivity index (χ2v) is 6.95. The lowest BCUT2D eigenvalue weighted by Gasteiger charge is -2.12. The maximum atomic E-state index is 12.4. The summed E-state index contributed by atoms with van der Waals surface area (Å²) in [4.78, 5) is 10.9. The Morgan fingerprint density at radius 3 is 2.50 bits per heavy atom. The van der Waals surface area contributed by atoms with Crippen LogP contribution in [-0.2, 0) is 14.8 Å². The number of rotatable bonds is 7. The topological polar surface area (TPSA) is 105 Å². The molecule has 0 fully saturated rings. The predicted molar refractivity (Wildman–Crippen MR) is 91.1 cm³/mol. The van der Waals surface area contributed by atoms with Crippen LogP contribution in [0, 0.1) is 0 Å². The van der Waals surface area contributed by atoms with E-state index in [4.69, 9.17) is 16.7 Å². The quantitative estimate of drug-likeness (QED) is 0.655. The first kappa shape index (κ1) is 19.9. The second-order valence-electron chi connectivity index (χ2n) is 4.86. The molecule has 0 spiro atoms. The van der Waals surface area contributed by atoms with Crippen molar-refractivity contribution in [2.45, 2.75) is 11.5 Å². The average molecular weight is 407 g/mol. The Balaban J connectivity index is 2.22. The van der Waals surface area contributed by atoms with Gasteiger partial charge in [-0.2, -0.15) is 8.78 Å². The van der Waals surface area contributed by atoms with E-state index >= 15 is 0 Å². The van der Waals surface area contributed by atoms with Crippen molar-refractivity contribution in [3.63, 3.8) is 0 Å². The average Bonchev–Trinajstić information content (AvgIpc) is 2.56. The standard InChI is InChI=1S/C15H13ClF2N2O5S/c16-12-7-11(4-5-13(12)25-15(17)18)26(23,24)20-10-3-1-2-9(6-10)19-14(22)8-21/h1-7,15,20-21H,8H2,(H,19,22). The van der Waals surface area contributed by atoms with Crippen LogP contribution in [0.2, 0.25) is 5.02 Å². The van der Waals surface area contributed by atoms with Crippen molar-refractivity contribution < 1.29 is 31.8 Å². The summed E-state index contributed by atoms with van der Waals surface area (Å²) in [7, 11) is -4.07. The Hall–Kier alpha value is -2.43. The molecule has 3 N–H and O–H groups in total. The third-order valence-corrected chi connectivity index (χ3v) is 4.65. The Morgan fingerprint density at radius 2 is 1.88 bits per heavy atom. The molecular weight excluding hydrogens is 394 g/mol. The minimum absolute atomic E-state index is 0.129. The molecule has 140 valence electrons. The van der Waals surface area contributed by atoms with Gasteiger partial charge in [0.2, 0.25) is 5.91 Å². The lowest BCUT2D eigenvalue weighted by atomic mass is 10.3. The number of carbonyl (C=O) groups is 1. The number of aliphatic hydroxyl groups is 1. The lowest BCUT2D eigenvalue weighted by Crippen LogP contribution is -2.16. The summed E-state index contributed by atoms with van der Waals surface area (Å²) in [5.74, 6) is -1.01. The van der Waals surface area contributed by atoms with Crippen molar-refractivity contribution in [3.05, 3.63) is 47.5 Å². The molecule has 2 aromatic rings. The minimum Gasteiger partial charge on any atom is -0.433 e. The normalized spacial score (nSPS) is 11.3. The molecule has 2 aromatic carbocycles. The van der Waals surface area contributed by atoms with Gasteiger partial charge in [0.15, 0.2) is 0 Å². The molecule has 0 aromatic heterocycles. The van der Waals surface area contributed by atoms with Gasteiger partial charge in [0.05, 0.1) is 15.6 Å². The smallest absolute Gasteiger partial charge is 0.387 e. The highest BCUT2D eigenvalue weighted by Crippen LogP contribution is 2.29. The molecule has 0 bridgehead atoms. The van der Waals surface area contributed by atoms with Crippen LogP contribution in [0.25, 0.3) is 0 Å². The Kier molecular flexibility index (Phi) is 6.35. The van der Waals surface area contributed by atoms with Crippen molar-refractivity contribution in [2.24, 2.45) is 0 Å². The van der Waals surface area contributed by atoms with Crippen molar-refractivity contribution in [3.8, 4) is 5.75 Å². The number of amides is 1. The summed E-state index contributed by atoms with van der Waals surface area (Å²) in [6.07, 6.45) is 0. The second kappa shape index (κ2) is 8.30. The summed E-state index contributed by atoms with van der Waals surface area (Å²) >= 11 is 5.76. The van der Waals surface area contributed by atoms with Crippen LogP contribution >= 0.6 is 11.6 Å². The molecule has 0 saturated heterocycles. The number of hydrogen-bond acceptors (Lipinski definition) is 5. The predicted octanol–water partition coefficient (Wildman–Crippen LogP) is 2.67. The van der Waals surface area contributed by atoms with Gasteiger partial charge in [0.1, 0.15) is 12.4 Å². The number of hydrogen-bond donors (Lipinski definition) is 3. The van der Waals surface area contributed by atoms with Crippen molar-refractivity contribution >= 4 is 38.9 Å². The third-order valence-electron chi connectivity index (χ3n) is 2.97. The van der Waals surface area contributed by atoms with Crippen molar-refractivity contribution in [1.29, 1.82) is 0 Å². The molecule has 1 amide bonds. The monoisotopic (exact) mass is 406 g/mol. The maximum absolute atomic E-state index is 12.4. The van der Waals surface area contributed by atoms with Gasteiger partial charge in [0.25, 0.3) is 10.0 Å². The third kappa shape index (κ3) is 5.28. The highest BCUT2D eigenvalue weighted by Gasteiger charge is 2.18. The first-order valence-electron chi connectivity index (χ1n) is 6.99. The van der Waals surface area contributed by atoms with Gasteiger partial charge < -0.3 is 15.2 Å². The number of halogens is 3. The van der Waals surface area contributed by atoms with Crippen LogP contribution in [0.15, 0.2) is 47.4 Å². The maximum Gasteiger partial charge on any atom is 0.387 e. The number of ether oxygens (including phenoxy) is 1. The zero-order valence-corrected chi connectivity index (χ0v) is 14.5. The van der Waals surface area contributed by atoms with Gasteiger partial charge in [-0.3, -0.25) is 9.52 Å². The number of alkyl halides is 2. The van der Waals surface area contributed by atoms with E-state index in [2.05, 4.69) is 14.8 Å². The first-order chi connectivity index (χ1) is 12.2. The highest BCUT2D eigenvalue weighted by atomic mass is 35.5. The number of nitrogens with one attached hydrogen (secondary N) is 2. The van der Waals surface area contributed by atoms with Crippen LogP contribution in [0.3, 0.4) is 0 Å². The van der Waals surface area contributed by atoms with E-state index in [9.17, 15) is 22.0 Å². The summed E-state index contributed by atoms with van der Waals surface area (Å²) in [6, 6.07) is 8.79. The molecule has 0 unspecified atom stereocenters. The Morgan fingerprint density at radius 1 is 1.19 bits per heavy atom. The zero-order chi connectivity index (χ0) is 19.3. The van der Waals surface area contributed by atoms with E-state index < -0.39 is 29.1 Å². The van der Waals surface area contributed by atoms with Gasteiger partial charge in [0, 0.05) is 5.69 Å². The molecule has 0 heterocycles. The van der Waals surface area contributed by atoms with E-state index in [0.717, 1.165) is 18.2 Å². The molecule has 0 saturated carbocycles. The molecule has 2 rings (SSSR count). The van der Waals surface area contributed by atoms with Gasteiger partial charge in [-0.25, -0.2) is 8.42 Å². The molecule has 26 heavy (non-hydrogen) atoms. The molecule has 0 aliphatic heterocycles. The van der Waals surface area contributed by atoms with E-state index in [1.54, 1.807) is 0 Å². The van der Waals surface area contributed by atoms with Gasteiger partial charge >= 0.3 is 6.61 Å². The molecule has 0 atom stereocenters. The number of anilines is 2. The van der Waals surface area contributed by atoms with Crippen LogP contribution in [0.4, 0.5) is 20.2 Å². The Labute approximate surface area is 152 Å². The van der Waals surface area contributed by atoms with E-state index in [1.165, 1.54) is 24.3 Å². The van der Waals surface area contributed by atoms with Gasteiger partial charge in [-0.1, -0.05) is 17.7 Å². The summed E-state index contributed by atoms with van der Waals surface area (Å²) in [6.45, 7) is -3.81. The zero-order valence-electron chi connectivity index (χ0n) is 12.9. The summed E-state index contributed by atoms with van der Waals surface area (Å²) < 4.78 is 55.6. The SMILES string of the molecule is O=C(CO)Nc1cccc(NS(=O)(=O)c2ccc(OC(F)F)c(Cl)c2)c1. The molecule has 0 radical (unpaired) electrons. The summed E-state index contributed by atoms with van der Waals surface area (Å²) in [5, 5.41) is 10.8. The molecule has 0 aliphatic carbocycles. The molecule has 11 heteroatoms. The number of aliphatic hydroxyl groups excluding tert-OH is 1.